The minimum absolute atomic E-state index is 0.168. The third kappa shape index (κ3) is 4.46. The number of para-hydroxylation sites is 2. The molecule has 1 N–H and O–H groups in total. The molecule has 2 heterocycles. The number of esters is 1. The van der Waals surface area contributed by atoms with Crippen LogP contribution in [0.1, 0.15) is 18.9 Å². The quantitative estimate of drug-likeness (QED) is 0.472. The van der Waals surface area contributed by atoms with Gasteiger partial charge in [0.15, 0.2) is 5.17 Å². The van der Waals surface area contributed by atoms with Crippen molar-refractivity contribution in [2.45, 2.75) is 19.9 Å². The second kappa shape index (κ2) is 9.00. The summed E-state index contributed by atoms with van der Waals surface area (Å²) < 4.78 is 7.05. The highest BCUT2D eigenvalue weighted by Crippen LogP contribution is 2.31. The number of aromatic nitrogens is 1. The van der Waals surface area contributed by atoms with E-state index >= 15 is 0 Å². The van der Waals surface area contributed by atoms with Crippen LogP contribution in [0.5, 0.6) is 0 Å². The highest BCUT2D eigenvalue weighted by atomic mass is 32.2. The van der Waals surface area contributed by atoms with Crippen molar-refractivity contribution in [3.05, 3.63) is 71.3 Å². The number of carbonyl (C=O) groups excluding carboxylic acids is 2. The topological polar surface area (TPSA) is 72.7 Å². The third-order valence-corrected chi connectivity index (χ3v) is 5.52. The molecule has 0 aliphatic carbocycles. The highest BCUT2D eigenvalue weighted by molar-refractivity contribution is 8.18. The molecule has 6 nitrogen and oxygen atoms in total. The van der Waals surface area contributed by atoms with Gasteiger partial charge in [0, 0.05) is 29.2 Å². The Balaban J connectivity index is 1.60. The average Bonchev–Trinajstić information content (AvgIpc) is 3.28. The number of aliphatic imine (C=N–C) groups is 1. The molecule has 152 valence electrons. The second-order valence-electron chi connectivity index (χ2n) is 6.67. The second-order valence-corrected chi connectivity index (χ2v) is 7.70. The molecule has 1 aliphatic heterocycles. The van der Waals surface area contributed by atoms with Crippen LogP contribution in [-0.4, -0.2) is 28.2 Å². The van der Waals surface area contributed by atoms with Crippen LogP contribution in [0.2, 0.25) is 0 Å². The molecular formula is C23H21N3O3S. The Labute approximate surface area is 178 Å². The predicted molar refractivity (Wildman–Crippen MR) is 120 cm³/mol. The molecule has 2 aromatic carbocycles. The van der Waals surface area contributed by atoms with E-state index in [-0.39, 0.29) is 11.9 Å². The maximum atomic E-state index is 12.5. The van der Waals surface area contributed by atoms with Crippen molar-refractivity contribution in [3.8, 4) is 0 Å². The van der Waals surface area contributed by atoms with E-state index in [2.05, 4.69) is 10.3 Å². The number of amidine groups is 1. The molecule has 30 heavy (non-hydrogen) atoms. The molecule has 1 aliphatic rings. The number of ether oxygens (including phenoxy) is 1. The normalized spacial score (nSPS) is 16.4. The number of benzene rings is 2. The molecule has 1 amide bonds. The SMILES string of the molecule is CCOC(=O)CCn1cc(/C=C2\SC(=Nc3ccccc3)NC2=O)c2ccccc21. The fourth-order valence-corrected chi connectivity index (χ4v) is 4.09. The molecule has 3 aromatic rings. The maximum Gasteiger partial charge on any atom is 0.307 e. The summed E-state index contributed by atoms with van der Waals surface area (Å²) in [4.78, 5) is 29.3. The predicted octanol–water partition coefficient (Wildman–Crippen LogP) is 4.49. The Morgan fingerprint density at radius 1 is 1.17 bits per heavy atom. The molecular weight excluding hydrogens is 398 g/mol. The van der Waals surface area contributed by atoms with Crippen LogP contribution in [-0.2, 0) is 20.9 Å². The van der Waals surface area contributed by atoms with Crippen LogP contribution in [0, 0.1) is 0 Å². The summed E-state index contributed by atoms with van der Waals surface area (Å²) in [6.45, 7) is 2.69. The number of aryl methyl sites for hydroxylation is 1. The summed E-state index contributed by atoms with van der Waals surface area (Å²) in [5.74, 6) is -0.388. The Morgan fingerprint density at radius 3 is 2.73 bits per heavy atom. The van der Waals surface area contributed by atoms with Gasteiger partial charge in [0.25, 0.3) is 5.91 Å². The molecule has 1 aromatic heterocycles. The van der Waals surface area contributed by atoms with Gasteiger partial charge in [-0.15, -0.1) is 0 Å². The number of nitrogens with zero attached hydrogens (tertiary/aromatic N) is 2. The van der Waals surface area contributed by atoms with E-state index in [0.717, 1.165) is 22.2 Å². The average molecular weight is 420 g/mol. The molecule has 1 saturated heterocycles. The summed E-state index contributed by atoms with van der Waals surface area (Å²) >= 11 is 1.32. The first-order chi connectivity index (χ1) is 14.6. The number of carbonyl (C=O) groups is 2. The van der Waals surface area contributed by atoms with Crippen molar-refractivity contribution in [2.24, 2.45) is 4.99 Å². The van der Waals surface area contributed by atoms with E-state index in [1.165, 1.54) is 11.8 Å². The van der Waals surface area contributed by atoms with Crippen LogP contribution in [0.15, 0.2) is 70.7 Å². The van der Waals surface area contributed by atoms with Gasteiger partial charge in [0.1, 0.15) is 0 Å². The molecule has 0 bridgehead atoms. The summed E-state index contributed by atoms with van der Waals surface area (Å²) in [7, 11) is 0. The van der Waals surface area contributed by atoms with E-state index in [1.807, 2.05) is 71.4 Å². The van der Waals surface area contributed by atoms with Crippen molar-refractivity contribution < 1.29 is 14.3 Å². The number of nitrogens with one attached hydrogen (secondary N) is 1. The zero-order chi connectivity index (χ0) is 20.9. The summed E-state index contributed by atoms with van der Waals surface area (Å²) in [5.41, 5.74) is 2.72. The summed E-state index contributed by atoms with van der Waals surface area (Å²) in [6, 6.07) is 17.5. The van der Waals surface area contributed by atoms with Crippen molar-refractivity contribution >= 4 is 51.5 Å². The number of thioether (sulfide) groups is 1. The van der Waals surface area contributed by atoms with Gasteiger partial charge in [0.05, 0.1) is 23.6 Å². The van der Waals surface area contributed by atoms with Gasteiger partial charge in [-0.05, 0) is 43.0 Å². The van der Waals surface area contributed by atoms with Gasteiger partial charge in [-0.25, -0.2) is 4.99 Å². The van der Waals surface area contributed by atoms with E-state index in [9.17, 15) is 9.59 Å². The fourth-order valence-electron chi connectivity index (χ4n) is 3.26. The van der Waals surface area contributed by atoms with Gasteiger partial charge in [-0.3, -0.25) is 9.59 Å². The standard InChI is InChI=1S/C23H21N3O3S/c1-2-29-21(27)12-13-26-15-16(18-10-6-7-11-19(18)26)14-20-22(28)25-23(30-20)24-17-8-4-3-5-9-17/h3-11,14-15H,2,12-13H2,1H3,(H,24,25,28)/b20-14-. The van der Waals surface area contributed by atoms with Crippen LogP contribution < -0.4 is 5.32 Å². The van der Waals surface area contributed by atoms with Crippen molar-refractivity contribution in [3.63, 3.8) is 0 Å². The zero-order valence-electron chi connectivity index (χ0n) is 16.5. The number of hydrogen-bond acceptors (Lipinski definition) is 5. The van der Waals surface area contributed by atoms with E-state index in [0.29, 0.717) is 29.6 Å². The number of amides is 1. The fraction of sp³-hybridized carbons (Fsp3) is 0.174. The third-order valence-electron chi connectivity index (χ3n) is 4.61. The Bertz CT molecular complexity index is 1150. The highest BCUT2D eigenvalue weighted by Gasteiger charge is 2.24. The van der Waals surface area contributed by atoms with Gasteiger partial charge in [-0.2, -0.15) is 0 Å². The molecule has 4 rings (SSSR count). The van der Waals surface area contributed by atoms with Crippen molar-refractivity contribution in [2.75, 3.05) is 6.61 Å². The Kier molecular flexibility index (Phi) is 5.99. The first-order valence-corrected chi connectivity index (χ1v) is 10.5. The van der Waals surface area contributed by atoms with Gasteiger partial charge >= 0.3 is 5.97 Å². The smallest absolute Gasteiger partial charge is 0.307 e. The van der Waals surface area contributed by atoms with E-state index in [4.69, 9.17) is 4.74 Å². The van der Waals surface area contributed by atoms with Crippen molar-refractivity contribution in [1.29, 1.82) is 0 Å². The first-order valence-electron chi connectivity index (χ1n) is 9.72. The van der Waals surface area contributed by atoms with Gasteiger partial charge in [0.2, 0.25) is 0 Å². The number of rotatable bonds is 6. The molecule has 0 unspecified atom stereocenters. The minimum atomic E-state index is -0.220. The monoisotopic (exact) mass is 419 g/mol. The molecule has 7 heteroatoms. The Morgan fingerprint density at radius 2 is 1.93 bits per heavy atom. The first kappa shape index (κ1) is 20.0. The van der Waals surface area contributed by atoms with Crippen LogP contribution in [0.4, 0.5) is 5.69 Å². The molecule has 1 fully saturated rings. The van der Waals surface area contributed by atoms with Gasteiger partial charge < -0.3 is 14.6 Å². The van der Waals surface area contributed by atoms with Crippen molar-refractivity contribution in [1.82, 2.24) is 9.88 Å². The number of hydrogen-bond donors (Lipinski definition) is 1. The molecule has 0 radical (unpaired) electrons. The lowest BCUT2D eigenvalue weighted by atomic mass is 10.1. The lowest BCUT2D eigenvalue weighted by Gasteiger charge is -2.04. The largest absolute Gasteiger partial charge is 0.466 e. The lowest BCUT2D eigenvalue weighted by molar-refractivity contribution is -0.143. The zero-order valence-corrected chi connectivity index (χ0v) is 17.3. The Hall–Kier alpha value is -3.32. The molecule has 0 saturated carbocycles. The lowest BCUT2D eigenvalue weighted by Crippen LogP contribution is -2.19. The maximum absolute atomic E-state index is 12.5. The minimum Gasteiger partial charge on any atom is -0.466 e. The molecule has 0 atom stereocenters. The molecule has 0 spiro atoms. The summed E-state index contributed by atoms with van der Waals surface area (Å²) in [6.07, 6.45) is 4.14. The summed E-state index contributed by atoms with van der Waals surface area (Å²) in [5, 5.41) is 4.40. The van der Waals surface area contributed by atoms with Crippen LogP contribution in [0.3, 0.4) is 0 Å². The van der Waals surface area contributed by atoms with E-state index in [1.54, 1.807) is 6.92 Å². The van der Waals surface area contributed by atoms with Gasteiger partial charge in [-0.1, -0.05) is 36.4 Å². The van der Waals surface area contributed by atoms with Crippen LogP contribution in [0.25, 0.3) is 17.0 Å². The van der Waals surface area contributed by atoms with E-state index < -0.39 is 0 Å². The van der Waals surface area contributed by atoms with Crippen LogP contribution >= 0.6 is 11.8 Å². The number of fused-ring (bicyclic) bond motifs is 1.